The Morgan fingerprint density at radius 1 is 1.37 bits per heavy atom. The summed E-state index contributed by atoms with van der Waals surface area (Å²) >= 11 is 0. The third-order valence-corrected chi connectivity index (χ3v) is 4.19. The van der Waals surface area contributed by atoms with Crippen LogP contribution in [0.15, 0.2) is 18.2 Å². The molecule has 1 aromatic heterocycles. The van der Waals surface area contributed by atoms with Gasteiger partial charge in [-0.3, -0.25) is 4.79 Å². The van der Waals surface area contributed by atoms with Gasteiger partial charge in [-0.05, 0) is 31.0 Å². The van der Waals surface area contributed by atoms with Gasteiger partial charge in [0.2, 0.25) is 0 Å². The number of aromatic nitrogens is 2. The molecule has 19 heavy (non-hydrogen) atoms. The summed E-state index contributed by atoms with van der Waals surface area (Å²) in [6.07, 6.45) is 3.30. The van der Waals surface area contributed by atoms with Crippen LogP contribution in [0.25, 0.3) is 11.0 Å². The van der Waals surface area contributed by atoms with Crippen molar-refractivity contribution in [3.05, 3.63) is 29.6 Å². The number of nitrogens with zero attached hydrogens (tertiary/aromatic N) is 2. The van der Waals surface area contributed by atoms with Crippen molar-refractivity contribution in [2.45, 2.75) is 39.0 Å². The van der Waals surface area contributed by atoms with Gasteiger partial charge in [-0.15, -0.1) is 0 Å². The molecule has 0 N–H and O–H groups in total. The molecule has 0 aliphatic heterocycles. The first-order chi connectivity index (χ1) is 9.08. The molecule has 1 heterocycles. The van der Waals surface area contributed by atoms with E-state index in [-0.39, 0.29) is 5.92 Å². The van der Waals surface area contributed by atoms with Crippen LogP contribution in [0, 0.1) is 5.92 Å². The molecule has 0 atom stereocenters. The first kappa shape index (κ1) is 12.4. The molecular weight excluding hydrogens is 236 g/mol. The van der Waals surface area contributed by atoms with E-state index in [2.05, 4.69) is 23.4 Å². The Morgan fingerprint density at radius 2 is 2.11 bits per heavy atom. The minimum atomic E-state index is 0.255. The first-order valence-corrected chi connectivity index (χ1v) is 7.08. The number of imidazole rings is 1. The topological polar surface area (TPSA) is 34.9 Å². The van der Waals surface area contributed by atoms with Crippen molar-refractivity contribution in [1.29, 1.82) is 0 Å². The summed E-state index contributed by atoms with van der Waals surface area (Å²) in [6, 6.07) is 5.94. The van der Waals surface area contributed by atoms with Gasteiger partial charge >= 0.3 is 0 Å². The Labute approximate surface area is 113 Å². The Morgan fingerprint density at radius 3 is 2.68 bits per heavy atom. The molecule has 0 amide bonds. The van der Waals surface area contributed by atoms with Gasteiger partial charge in [0.15, 0.2) is 5.78 Å². The Balaban J connectivity index is 2.03. The Hall–Kier alpha value is -1.64. The van der Waals surface area contributed by atoms with Crippen molar-refractivity contribution in [2.75, 3.05) is 0 Å². The highest BCUT2D eigenvalue weighted by molar-refractivity contribution is 6.00. The number of carbonyl (C=O) groups excluding carboxylic acids is 1. The van der Waals surface area contributed by atoms with Gasteiger partial charge in [0.25, 0.3) is 0 Å². The predicted molar refractivity (Wildman–Crippen MR) is 76.5 cm³/mol. The van der Waals surface area contributed by atoms with Gasteiger partial charge in [0.05, 0.1) is 11.0 Å². The fourth-order valence-electron chi connectivity index (χ4n) is 2.79. The fourth-order valence-corrected chi connectivity index (χ4v) is 2.79. The van der Waals surface area contributed by atoms with E-state index in [9.17, 15) is 4.79 Å². The van der Waals surface area contributed by atoms with Gasteiger partial charge in [0, 0.05) is 24.4 Å². The van der Waals surface area contributed by atoms with E-state index >= 15 is 0 Å². The van der Waals surface area contributed by atoms with E-state index < -0.39 is 0 Å². The first-order valence-electron chi connectivity index (χ1n) is 7.08. The number of carbonyl (C=O) groups is 1. The second kappa shape index (κ2) is 4.48. The summed E-state index contributed by atoms with van der Waals surface area (Å²) in [5.74, 6) is 2.02. The van der Waals surface area contributed by atoms with E-state index in [0.29, 0.717) is 11.7 Å². The van der Waals surface area contributed by atoms with E-state index in [1.165, 1.54) is 6.42 Å². The molecular formula is C16H20N2O. The molecule has 0 spiro atoms. The lowest BCUT2D eigenvalue weighted by Crippen LogP contribution is -2.21. The van der Waals surface area contributed by atoms with Crippen molar-refractivity contribution in [2.24, 2.45) is 13.0 Å². The maximum Gasteiger partial charge on any atom is 0.166 e. The van der Waals surface area contributed by atoms with Crippen LogP contribution in [0.1, 0.15) is 55.2 Å². The quantitative estimate of drug-likeness (QED) is 0.785. The van der Waals surface area contributed by atoms with Crippen molar-refractivity contribution >= 4 is 16.8 Å². The second-order valence-electron chi connectivity index (χ2n) is 5.88. The maximum atomic E-state index is 12.3. The number of hydrogen-bond donors (Lipinski definition) is 0. The third-order valence-electron chi connectivity index (χ3n) is 4.19. The molecule has 3 heteroatoms. The van der Waals surface area contributed by atoms with E-state index in [1.807, 2.05) is 25.2 Å². The molecule has 3 rings (SSSR count). The molecule has 1 fully saturated rings. The van der Waals surface area contributed by atoms with Gasteiger partial charge in [-0.25, -0.2) is 4.98 Å². The third kappa shape index (κ3) is 1.97. The normalized spacial score (nSPS) is 16.0. The monoisotopic (exact) mass is 256 g/mol. The van der Waals surface area contributed by atoms with Crippen LogP contribution in [0.3, 0.4) is 0 Å². The zero-order chi connectivity index (χ0) is 13.6. The van der Waals surface area contributed by atoms with E-state index in [0.717, 1.165) is 35.3 Å². The van der Waals surface area contributed by atoms with Crippen molar-refractivity contribution in [3.63, 3.8) is 0 Å². The SMILES string of the molecule is CC(C)c1nc2cc(C(=O)C3CCC3)ccc2n1C. The number of fused-ring (bicyclic) bond motifs is 1. The van der Waals surface area contributed by atoms with Crippen LogP contribution in [0.2, 0.25) is 0 Å². The summed E-state index contributed by atoms with van der Waals surface area (Å²) in [5, 5.41) is 0. The molecule has 1 aromatic carbocycles. The average molecular weight is 256 g/mol. The van der Waals surface area contributed by atoms with Crippen LogP contribution in [0.4, 0.5) is 0 Å². The smallest absolute Gasteiger partial charge is 0.166 e. The average Bonchev–Trinajstić information content (AvgIpc) is 2.64. The van der Waals surface area contributed by atoms with Gasteiger partial charge < -0.3 is 4.57 Å². The van der Waals surface area contributed by atoms with E-state index in [4.69, 9.17) is 0 Å². The zero-order valence-corrected chi connectivity index (χ0v) is 11.8. The molecule has 0 radical (unpaired) electrons. The number of benzene rings is 1. The summed E-state index contributed by atoms with van der Waals surface area (Å²) in [7, 11) is 2.04. The van der Waals surface area contributed by atoms with Gasteiger partial charge in [0.1, 0.15) is 5.82 Å². The molecule has 1 saturated carbocycles. The molecule has 2 aromatic rings. The van der Waals surface area contributed by atoms with Crippen molar-refractivity contribution in [1.82, 2.24) is 9.55 Å². The molecule has 100 valence electrons. The lowest BCUT2D eigenvalue weighted by Gasteiger charge is -2.23. The maximum absolute atomic E-state index is 12.3. The standard InChI is InChI=1S/C16H20N2O/c1-10(2)16-17-13-9-12(7-8-14(13)18(16)3)15(19)11-5-4-6-11/h7-11H,4-6H2,1-3H3. The number of hydrogen-bond acceptors (Lipinski definition) is 2. The fraction of sp³-hybridized carbons (Fsp3) is 0.500. The summed E-state index contributed by atoms with van der Waals surface area (Å²) < 4.78 is 2.12. The molecule has 0 unspecified atom stereocenters. The number of aryl methyl sites for hydroxylation is 1. The summed E-state index contributed by atoms with van der Waals surface area (Å²) in [4.78, 5) is 16.9. The largest absolute Gasteiger partial charge is 0.331 e. The van der Waals surface area contributed by atoms with Crippen molar-refractivity contribution < 1.29 is 4.79 Å². The zero-order valence-electron chi connectivity index (χ0n) is 11.8. The lowest BCUT2D eigenvalue weighted by atomic mass is 9.80. The van der Waals surface area contributed by atoms with Gasteiger partial charge in [-0.1, -0.05) is 20.3 Å². The van der Waals surface area contributed by atoms with Crippen molar-refractivity contribution in [3.8, 4) is 0 Å². The van der Waals surface area contributed by atoms with Crippen LogP contribution >= 0.6 is 0 Å². The number of rotatable bonds is 3. The molecule has 0 bridgehead atoms. The van der Waals surface area contributed by atoms with Crippen LogP contribution in [-0.2, 0) is 7.05 Å². The molecule has 3 nitrogen and oxygen atoms in total. The van der Waals surface area contributed by atoms with Crippen LogP contribution < -0.4 is 0 Å². The van der Waals surface area contributed by atoms with Crippen LogP contribution in [0.5, 0.6) is 0 Å². The highest BCUT2D eigenvalue weighted by atomic mass is 16.1. The minimum absolute atomic E-state index is 0.255. The van der Waals surface area contributed by atoms with Crippen LogP contribution in [-0.4, -0.2) is 15.3 Å². The Bertz CT molecular complexity index is 635. The summed E-state index contributed by atoms with van der Waals surface area (Å²) in [6.45, 7) is 4.28. The minimum Gasteiger partial charge on any atom is -0.331 e. The number of Topliss-reactive ketones (excluding diaryl/α,β-unsaturated/α-hetero) is 1. The highest BCUT2D eigenvalue weighted by Crippen LogP contribution is 2.31. The second-order valence-corrected chi connectivity index (χ2v) is 5.88. The molecule has 1 aliphatic rings. The van der Waals surface area contributed by atoms with E-state index in [1.54, 1.807) is 0 Å². The van der Waals surface area contributed by atoms with Gasteiger partial charge in [-0.2, -0.15) is 0 Å². The highest BCUT2D eigenvalue weighted by Gasteiger charge is 2.26. The summed E-state index contributed by atoms with van der Waals surface area (Å²) in [5.41, 5.74) is 2.87. The lowest BCUT2D eigenvalue weighted by molar-refractivity contribution is 0.0855. The molecule has 0 saturated heterocycles. The molecule has 1 aliphatic carbocycles. The Kier molecular flexibility index (Phi) is 2.92. The predicted octanol–water partition coefficient (Wildman–Crippen LogP) is 3.68. The number of ketones is 1.